The zero-order valence-corrected chi connectivity index (χ0v) is 33.4. The van der Waals surface area contributed by atoms with E-state index in [1.165, 1.54) is 6.07 Å². The van der Waals surface area contributed by atoms with E-state index < -0.39 is 17.7 Å². The highest BCUT2D eigenvalue weighted by molar-refractivity contribution is 6.04. The number of nitrogens with two attached hydrogens (primary N) is 3. The molecule has 5 heterocycles. The van der Waals surface area contributed by atoms with Gasteiger partial charge >= 0.3 is 0 Å². The third-order valence-corrected chi connectivity index (χ3v) is 10.5. The van der Waals surface area contributed by atoms with Crippen LogP contribution in [-0.4, -0.2) is 92.3 Å². The number of amides is 4. The molecule has 4 amide bonds. The Hall–Kier alpha value is -6.89. The maximum atomic E-state index is 13.8. The van der Waals surface area contributed by atoms with Gasteiger partial charge in [0.15, 0.2) is 0 Å². The van der Waals surface area contributed by atoms with E-state index in [4.69, 9.17) is 31.7 Å². The molecule has 0 spiro atoms. The number of anilines is 3. The van der Waals surface area contributed by atoms with E-state index in [0.29, 0.717) is 77.2 Å². The normalized spacial score (nSPS) is 16.5. The SMILES string of the molecule is CCn1nc(C)cc1C(=O)NCN1C/C=C/Cn2c(NC(=O)c3cc(C)nn3CC)nc3cc(C(N)=O)cc(c32)OCC(C2CNC2)COc2cc(C(N)=O)cc(N)c21. The van der Waals surface area contributed by atoms with Gasteiger partial charge in [-0.25, -0.2) is 4.98 Å². The molecule has 0 radical (unpaired) electrons. The smallest absolute Gasteiger partial charge is 0.276 e. The van der Waals surface area contributed by atoms with E-state index >= 15 is 0 Å². The summed E-state index contributed by atoms with van der Waals surface area (Å²) in [7, 11) is 0. The van der Waals surface area contributed by atoms with Crippen molar-refractivity contribution in [2.45, 2.75) is 47.3 Å². The summed E-state index contributed by atoms with van der Waals surface area (Å²) in [4.78, 5) is 59.0. The largest absolute Gasteiger partial charge is 0.491 e. The lowest BCUT2D eigenvalue weighted by molar-refractivity contribution is 0.0940. The van der Waals surface area contributed by atoms with Gasteiger partial charge in [-0.15, -0.1) is 0 Å². The van der Waals surface area contributed by atoms with Crippen LogP contribution in [0.3, 0.4) is 0 Å². The number of hydrogen-bond acceptors (Lipinski definition) is 12. The summed E-state index contributed by atoms with van der Waals surface area (Å²) >= 11 is 0. The monoisotopic (exact) mass is 807 g/mol. The van der Waals surface area contributed by atoms with Gasteiger partial charge in [0.2, 0.25) is 17.8 Å². The maximum Gasteiger partial charge on any atom is 0.276 e. The first-order valence-electron chi connectivity index (χ1n) is 19.5. The van der Waals surface area contributed by atoms with Crippen molar-refractivity contribution >= 4 is 52.0 Å². The highest BCUT2D eigenvalue weighted by atomic mass is 16.5. The number of allylic oxidation sites excluding steroid dienone is 1. The Kier molecular flexibility index (Phi) is 11.6. The fourth-order valence-corrected chi connectivity index (χ4v) is 7.31. The summed E-state index contributed by atoms with van der Waals surface area (Å²) in [5.41, 5.74) is 22.3. The first kappa shape index (κ1) is 40.3. The second-order valence-electron chi connectivity index (χ2n) is 14.6. The Morgan fingerprint density at radius 1 is 0.797 bits per heavy atom. The van der Waals surface area contributed by atoms with Gasteiger partial charge in [0.25, 0.3) is 11.8 Å². The number of ether oxygens (including phenoxy) is 2. The number of aromatic nitrogens is 6. The van der Waals surface area contributed by atoms with Gasteiger partial charge in [0, 0.05) is 43.2 Å². The molecule has 310 valence electrons. The highest BCUT2D eigenvalue weighted by Crippen LogP contribution is 2.38. The highest BCUT2D eigenvalue weighted by Gasteiger charge is 2.31. The number of rotatable bonds is 10. The van der Waals surface area contributed by atoms with Crippen LogP contribution in [-0.2, 0) is 19.6 Å². The van der Waals surface area contributed by atoms with E-state index in [0.717, 1.165) is 0 Å². The number of benzene rings is 2. The predicted molar refractivity (Wildman–Crippen MR) is 221 cm³/mol. The van der Waals surface area contributed by atoms with E-state index in [1.807, 2.05) is 44.7 Å². The van der Waals surface area contributed by atoms with Crippen molar-refractivity contribution in [3.05, 3.63) is 82.5 Å². The maximum absolute atomic E-state index is 13.8. The van der Waals surface area contributed by atoms with E-state index in [-0.39, 0.29) is 73.5 Å². The molecule has 1 unspecified atom stereocenters. The van der Waals surface area contributed by atoms with Crippen LogP contribution in [0.1, 0.15) is 66.9 Å². The first-order valence-corrected chi connectivity index (χ1v) is 19.5. The second-order valence-corrected chi connectivity index (χ2v) is 14.6. The number of carbonyl (C=O) groups excluding carboxylic acids is 4. The number of fused-ring (bicyclic) bond motifs is 1. The topological polar surface area (TPSA) is 258 Å². The number of aryl methyl sites for hydroxylation is 4. The summed E-state index contributed by atoms with van der Waals surface area (Å²) in [5, 5.41) is 18.1. The van der Waals surface area contributed by atoms with Crippen LogP contribution >= 0.6 is 0 Å². The number of nitrogens with one attached hydrogen (secondary N) is 3. The Morgan fingerprint density at radius 3 is 2.00 bits per heavy atom. The van der Waals surface area contributed by atoms with Crippen LogP contribution in [0.15, 0.2) is 48.6 Å². The van der Waals surface area contributed by atoms with Crippen LogP contribution < -0.4 is 47.5 Å². The Labute approximate surface area is 339 Å². The van der Waals surface area contributed by atoms with Crippen LogP contribution in [0.4, 0.5) is 17.3 Å². The molecule has 19 heteroatoms. The minimum atomic E-state index is -0.684. The Bertz CT molecular complexity index is 2460. The van der Waals surface area contributed by atoms with Gasteiger partial charge in [-0.3, -0.25) is 33.9 Å². The van der Waals surface area contributed by atoms with Crippen molar-refractivity contribution < 1.29 is 28.7 Å². The predicted octanol–water partition coefficient (Wildman–Crippen LogP) is 2.18. The minimum absolute atomic E-state index is 0.00738. The standard InChI is InChI=1S/C40H49N13O6/c1-5-52-30(11-22(3)48-52)38(56)45-21-50-9-7-8-10-51-35-29(46-40(51)47-39(57)31-12-23(4)49-53(31)6-2)14-25(37(43)55)16-33(35)59-20-27(26-17-44-18-26)19-58-32-15-24(36(42)54)13-28(41)34(32)50/h7-8,11-16,26-27,44H,5-6,9-10,17-21,41H2,1-4H3,(H2,42,54)(H2,43,55)(H,45,56)(H,46,47,57)/b8-7+. The van der Waals surface area contributed by atoms with Gasteiger partial charge in [0.05, 0.1) is 42.5 Å². The number of hydrogen-bond donors (Lipinski definition) is 6. The quantitative estimate of drug-likeness (QED) is 0.0877. The molecule has 1 saturated heterocycles. The summed E-state index contributed by atoms with van der Waals surface area (Å²) in [6.45, 7) is 10.5. The van der Waals surface area contributed by atoms with Crippen molar-refractivity contribution in [3.8, 4) is 11.5 Å². The lowest BCUT2D eigenvalue weighted by atomic mass is 9.88. The lowest BCUT2D eigenvalue weighted by Gasteiger charge is -2.35. The minimum Gasteiger partial charge on any atom is -0.491 e. The third-order valence-electron chi connectivity index (χ3n) is 10.5. The number of primary amides is 2. The molecule has 59 heavy (non-hydrogen) atoms. The van der Waals surface area contributed by atoms with E-state index in [2.05, 4.69) is 26.1 Å². The van der Waals surface area contributed by atoms with Gasteiger partial charge in [-0.2, -0.15) is 10.2 Å². The number of nitrogen functional groups attached to an aromatic ring is 1. The van der Waals surface area contributed by atoms with Crippen LogP contribution in [0.2, 0.25) is 0 Å². The van der Waals surface area contributed by atoms with Crippen molar-refractivity contribution in [1.29, 1.82) is 0 Å². The third kappa shape index (κ3) is 8.40. The molecule has 0 bridgehead atoms. The Balaban J connectivity index is 1.32. The van der Waals surface area contributed by atoms with Crippen LogP contribution in [0.25, 0.3) is 11.0 Å². The molecule has 5 aromatic rings. The van der Waals surface area contributed by atoms with Gasteiger partial charge < -0.3 is 46.8 Å². The molecule has 1 atom stereocenters. The zero-order chi connectivity index (χ0) is 42.0. The second kappa shape index (κ2) is 16.9. The summed E-state index contributed by atoms with van der Waals surface area (Å²) in [6.07, 6.45) is 3.73. The fourth-order valence-electron chi connectivity index (χ4n) is 7.31. The zero-order valence-electron chi connectivity index (χ0n) is 33.4. The van der Waals surface area contributed by atoms with Gasteiger partial charge in [-0.1, -0.05) is 12.2 Å². The first-order chi connectivity index (χ1) is 28.3. The van der Waals surface area contributed by atoms with E-state index in [1.54, 1.807) is 44.3 Å². The van der Waals surface area contributed by atoms with Crippen molar-refractivity contribution in [2.24, 2.45) is 23.3 Å². The Morgan fingerprint density at radius 2 is 1.39 bits per heavy atom. The molecule has 3 aromatic heterocycles. The number of nitrogens with zero attached hydrogens (tertiary/aromatic N) is 7. The summed E-state index contributed by atoms with van der Waals surface area (Å²) in [5.74, 6) is -1.33. The van der Waals surface area contributed by atoms with Crippen molar-refractivity contribution in [1.82, 2.24) is 39.7 Å². The number of imidazole rings is 1. The molecule has 2 aliphatic rings. The molecule has 19 nitrogen and oxygen atoms in total. The molecule has 7 rings (SSSR count). The van der Waals surface area contributed by atoms with Crippen LogP contribution in [0, 0.1) is 25.7 Å². The summed E-state index contributed by atoms with van der Waals surface area (Å²) in [6, 6.07) is 9.60. The molecule has 0 saturated carbocycles. The summed E-state index contributed by atoms with van der Waals surface area (Å²) < 4.78 is 18.1. The van der Waals surface area contributed by atoms with Crippen molar-refractivity contribution in [2.75, 3.05) is 55.5 Å². The van der Waals surface area contributed by atoms with Gasteiger partial charge in [-0.05, 0) is 83.1 Å². The molecule has 1 fully saturated rings. The molecule has 0 aliphatic carbocycles. The van der Waals surface area contributed by atoms with Gasteiger partial charge in [0.1, 0.15) is 34.1 Å². The average Bonchev–Trinajstić information content (AvgIpc) is 3.87. The molecule has 2 aromatic carbocycles. The van der Waals surface area contributed by atoms with Crippen LogP contribution in [0.5, 0.6) is 11.5 Å². The molecular weight excluding hydrogens is 759 g/mol. The molecule has 2 aliphatic heterocycles. The molecule has 9 N–H and O–H groups in total. The average molecular weight is 808 g/mol. The fraction of sp³-hybridized carbons (Fsp3) is 0.375. The number of carbonyl (C=O) groups is 4. The van der Waals surface area contributed by atoms with E-state index in [9.17, 15) is 19.2 Å². The van der Waals surface area contributed by atoms with Crippen molar-refractivity contribution in [3.63, 3.8) is 0 Å². The lowest BCUT2D eigenvalue weighted by Crippen LogP contribution is -2.49. The molecular formula is C40H49N13O6.